The van der Waals surface area contributed by atoms with E-state index in [9.17, 15) is 14.4 Å². The molecule has 39 heavy (non-hydrogen) atoms. The van der Waals surface area contributed by atoms with E-state index in [1.807, 2.05) is 12.2 Å². The molecule has 1 aromatic carbocycles. The number of amides is 3. The highest BCUT2D eigenvalue weighted by molar-refractivity contribution is 6.02. The molecular formula is C31H39N3O5. The zero-order valence-electron chi connectivity index (χ0n) is 22.7. The molecule has 208 valence electrons. The largest absolute Gasteiger partial charge is 0.497 e. The fourth-order valence-electron chi connectivity index (χ4n) is 7.33. The Morgan fingerprint density at radius 2 is 1.87 bits per heavy atom. The fraction of sp³-hybridized carbons (Fsp3) is 0.581. The van der Waals surface area contributed by atoms with E-state index in [0.29, 0.717) is 18.0 Å². The number of hydrogen-bond donors (Lipinski definition) is 2. The molecule has 5 atom stereocenters. The van der Waals surface area contributed by atoms with Crippen LogP contribution in [0.25, 0.3) is 0 Å². The average molecular weight is 534 g/mol. The van der Waals surface area contributed by atoms with Crippen molar-refractivity contribution in [1.82, 2.24) is 10.2 Å². The van der Waals surface area contributed by atoms with Crippen molar-refractivity contribution in [3.63, 3.8) is 0 Å². The van der Waals surface area contributed by atoms with Crippen molar-refractivity contribution in [2.24, 2.45) is 11.8 Å². The van der Waals surface area contributed by atoms with Gasteiger partial charge in [-0.05, 0) is 69.2 Å². The van der Waals surface area contributed by atoms with Crippen molar-refractivity contribution in [2.75, 3.05) is 19.0 Å². The molecule has 1 aromatic rings. The normalized spacial score (nSPS) is 31.7. The summed E-state index contributed by atoms with van der Waals surface area (Å²) < 4.78 is 11.7. The molecule has 5 aliphatic rings. The van der Waals surface area contributed by atoms with E-state index < -0.39 is 29.6 Å². The van der Waals surface area contributed by atoms with E-state index in [-0.39, 0.29) is 23.8 Å². The highest BCUT2D eigenvalue weighted by Gasteiger charge is 2.72. The molecule has 8 heteroatoms. The molecule has 2 bridgehead atoms. The molecule has 3 amide bonds. The first-order chi connectivity index (χ1) is 19.0. The number of benzene rings is 1. The van der Waals surface area contributed by atoms with Crippen molar-refractivity contribution >= 4 is 23.4 Å². The number of rotatable bonds is 8. The third-order valence-corrected chi connectivity index (χ3v) is 9.29. The van der Waals surface area contributed by atoms with Crippen LogP contribution in [0.5, 0.6) is 5.75 Å². The number of methoxy groups -OCH3 is 1. The summed E-state index contributed by atoms with van der Waals surface area (Å²) in [5.74, 6) is -1.31. The lowest BCUT2D eigenvalue weighted by Crippen LogP contribution is -2.56. The van der Waals surface area contributed by atoms with Gasteiger partial charge in [0.15, 0.2) is 0 Å². The van der Waals surface area contributed by atoms with Crippen molar-refractivity contribution in [3.05, 3.63) is 48.1 Å². The maximum atomic E-state index is 14.1. The van der Waals surface area contributed by atoms with Gasteiger partial charge in [-0.25, -0.2) is 0 Å². The summed E-state index contributed by atoms with van der Waals surface area (Å²) in [5, 5.41) is 6.23. The summed E-state index contributed by atoms with van der Waals surface area (Å²) in [5.41, 5.74) is 0.855. The van der Waals surface area contributed by atoms with Crippen LogP contribution in [0.2, 0.25) is 0 Å². The summed E-state index contributed by atoms with van der Waals surface area (Å²) in [7, 11) is 1.59. The van der Waals surface area contributed by atoms with Crippen molar-refractivity contribution in [1.29, 1.82) is 0 Å². The van der Waals surface area contributed by atoms with Crippen LogP contribution in [0, 0.1) is 11.8 Å². The molecule has 2 aliphatic carbocycles. The molecule has 1 spiro atoms. The van der Waals surface area contributed by atoms with Gasteiger partial charge in [-0.1, -0.05) is 43.1 Å². The van der Waals surface area contributed by atoms with E-state index in [1.54, 1.807) is 36.3 Å². The minimum atomic E-state index is -1.12. The second-order valence-corrected chi connectivity index (χ2v) is 11.7. The van der Waals surface area contributed by atoms with E-state index in [0.717, 1.165) is 44.9 Å². The van der Waals surface area contributed by atoms with Gasteiger partial charge in [0.25, 0.3) is 0 Å². The van der Waals surface area contributed by atoms with Gasteiger partial charge < -0.3 is 25.0 Å². The van der Waals surface area contributed by atoms with Crippen LogP contribution in [0.3, 0.4) is 0 Å². The lowest BCUT2D eigenvalue weighted by Gasteiger charge is -2.34. The molecular weight excluding hydrogens is 494 g/mol. The van der Waals surface area contributed by atoms with Gasteiger partial charge in [0.1, 0.15) is 17.4 Å². The Kier molecular flexibility index (Phi) is 7.23. The number of nitrogens with one attached hydrogen (secondary N) is 2. The number of anilines is 1. The van der Waals surface area contributed by atoms with Gasteiger partial charge in [0, 0.05) is 18.3 Å². The summed E-state index contributed by atoms with van der Waals surface area (Å²) >= 11 is 0. The standard InChI is InChI=1S/C31H39N3O5/c1-38-23-14-12-22(13-15-23)32-28(35)25-24-16-18-31(39-24)26(25)30(37)34(19-17-20-8-4-2-5-9-20)27(31)29(36)33-21-10-6-3-7-11-21/h8,12-16,18,21,24-27H,2-7,9-11,17,19H2,1H3,(H,32,35)(H,33,36)/t24-,25-,26-,27+,31-/m0/s1. The number of nitrogens with zero attached hydrogens (tertiary/aromatic N) is 1. The van der Waals surface area contributed by atoms with Crippen LogP contribution >= 0.6 is 0 Å². The van der Waals surface area contributed by atoms with Gasteiger partial charge in [-0.3, -0.25) is 14.4 Å². The Labute approximate surface area is 230 Å². The highest BCUT2D eigenvalue weighted by atomic mass is 16.5. The lowest BCUT2D eigenvalue weighted by molar-refractivity contribution is -0.141. The maximum Gasteiger partial charge on any atom is 0.246 e. The second-order valence-electron chi connectivity index (χ2n) is 11.7. The molecule has 6 rings (SSSR count). The lowest BCUT2D eigenvalue weighted by atomic mass is 9.74. The molecule has 0 unspecified atom stereocenters. The van der Waals surface area contributed by atoms with Crippen molar-refractivity contribution in [3.8, 4) is 5.75 Å². The number of fused-ring (bicyclic) bond motifs is 1. The quantitative estimate of drug-likeness (QED) is 0.490. The van der Waals surface area contributed by atoms with Crippen LogP contribution in [0.15, 0.2) is 48.1 Å². The van der Waals surface area contributed by atoms with Gasteiger partial charge in [-0.15, -0.1) is 0 Å². The molecule has 0 aromatic heterocycles. The highest BCUT2D eigenvalue weighted by Crippen LogP contribution is 2.55. The van der Waals surface area contributed by atoms with Gasteiger partial charge in [-0.2, -0.15) is 0 Å². The number of carbonyl (C=O) groups excluding carboxylic acids is 3. The summed E-state index contributed by atoms with van der Waals surface area (Å²) in [6, 6.07) is 6.46. The van der Waals surface area contributed by atoms with Gasteiger partial charge in [0.2, 0.25) is 17.7 Å². The van der Waals surface area contributed by atoms with Crippen LogP contribution in [0.4, 0.5) is 5.69 Å². The van der Waals surface area contributed by atoms with Crippen LogP contribution < -0.4 is 15.4 Å². The van der Waals surface area contributed by atoms with Crippen LogP contribution in [0.1, 0.15) is 64.2 Å². The zero-order valence-corrected chi connectivity index (χ0v) is 22.7. The Hall–Kier alpha value is -3.13. The minimum Gasteiger partial charge on any atom is -0.497 e. The molecule has 0 radical (unpaired) electrons. The summed E-state index contributed by atoms with van der Waals surface area (Å²) in [6.45, 7) is 0.459. The Balaban J connectivity index is 1.26. The molecule has 2 saturated heterocycles. The average Bonchev–Trinajstić information content (AvgIpc) is 3.60. The maximum absolute atomic E-state index is 14.1. The van der Waals surface area contributed by atoms with E-state index in [2.05, 4.69) is 16.7 Å². The Morgan fingerprint density at radius 3 is 2.59 bits per heavy atom. The number of allylic oxidation sites excluding steroid dienone is 1. The molecule has 3 fully saturated rings. The molecule has 3 aliphatic heterocycles. The first kappa shape index (κ1) is 26.1. The summed E-state index contributed by atoms with van der Waals surface area (Å²) in [4.78, 5) is 43.4. The zero-order chi connectivity index (χ0) is 27.0. The third kappa shape index (κ3) is 4.77. The van der Waals surface area contributed by atoms with Gasteiger partial charge in [0.05, 0.1) is 25.0 Å². The first-order valence-corrected chi connectivity index (χ1v) is 14.6. The molecule has 8 nitrogen and oxygen atoms in total. The van der Waals surface area contributed by atoms with Crippen molar-refractivity contribution in [2.45, 2.75) is 88.0 Å². The minimum absolute atomic E-state index is 0.122. The van der Waals surface area contributed by atoms with E-state index in [1.165, 1.54) is 24.8 Å². The fourth-order valence-corrected chi connectivity index (χ4v) is 7.33. The second kappa shape index (κ2) is 10.8. The van der Waals surface area contributed by atoms with Gasteiger partial charge >= 0.3 is 0 Å². The summed E-state index contributed by atoms with van der Waals surface area (Å²) in [6.07, 6.45) is 16.1. The number of carbonyl (C=O) groups is 3. The molecule has 3 heterocycles. The van der Waals surface area contributed by atoms with Crippen LogP contribution in [-0.4, -0.2) is 60.1 Å². The van der Waals surface area contributed by atoms with Crippen molar-refractivity contribution < 1.29 is 23.9 Å². The molecule has 2 N–H and O–H groups in total. The predicted octanol–water partition coefficient (Wildman–Crippen LogP) is 4.12. The van der Waals surface area contributed by atoms with Crippen LogP contribution in [-0.2, 0) is 19.1 Å². The number of likely N-dealkylation sites (tertiary alicyclic amines) is 1. The molecule has 1 saturated carbocycles. The topological polar surface area (TPSA) is 97.0 Å². The predicted molar refractivity (Wildman–Crippen MR) is 147 cm³/mol. The van der Waals surface area contributed by atoms with E-state index >= 15 is 0 Å². The monoisotopic (exact) mass is 533 g/mol. The Bertz CT molecular complexity index is 1170. The SMILES string of the molecule is COc1ccc(NC(=O)[C@H]2[C@@H]3C=C[C@]4(O3)[C@@H]2C(=O)N(CCC2=CCCCC2)[C@@H]4C(=O)NC2CCCCC2)cc1. The smallest absolute Gasteiger partial charge is 0.246 e. The first-order valence-electron chi connectivity index (χ1n) is 14.6. The number of ether oxygens (including phenoxy) is 2. The van der Waals surface area contributed by atoms with E-state index in [4.69, 9.17) is 9.47 Å². The number of hydrogen-bond acceptors (Lipinski definition) is 5. The Morgan fingerprint density at radius 1 is 1.08 bits per heavy atom. The third-order valence-electron chi connectivity index (χ3n) is 9.29.